The van der Waals surface area contributed by atoms with E-state index in [4.69, 9.17) is 4.74 Å². The zero-order chi connectivity index (χ0) is 21.2. The number of hydrogen-bond donors (Lipinski definition) is 0. The summed E-state index contributed by atoms with van der Waals surface area (Å²) < 4.78 is 28.3. The molecule has 0 unspecified atom stereocenters. The lowest BCUT2D eigenvalue weighted by Crippen LogP contribution is -2.16. The first kappa shape index (κ1) is 21.2. The number of carbonyl (C=O) groups excluding carboxylic acids is 2. The number of nitro benzene ring substituents is 1. The van der Waals surface area contributed by atoms with Crippen LogP contribution in [0.15, 0.2) is 35.2 Å². The Morgan fingerprint density at radius 1 is 1.07 bits per heavy atom. The maximum absolute atomic E-state index is 12.4. The van der Waals surface area contributed by atoms with Crippen LogP contribution in [-0.4, -0.2) is 38.0 Å². The Hall–Kier alpha value is -3.07. The average Bonchev–Trinajstić information content (AvgIpc) is 2.57. The zero-order valence-corrected chi connectivity index (χ0v) is 16.6. The molecule has 0 aliphatic heterocycles. The molecule has 0 aromatic heterocycles. The van der Waals surface area contributed by atoms with Gasteiger partial charge in [0.1, 0.15) is 4.90 Å². The van der Waals surface area contributed by atoms with Crippen LogP contribution in [-0.2, 0) is 14.6 Å². The fraction of sp³-hybridized carbons (Fsp3) is 0.263. The van der Waals surface area contributed by atoms with Crippen molar-refractivity contribution >= 4 is 27.3 Å². The van der Waals surface area contributed by atoms with E-state index in [1.807, 2.05) is 19.1 Å². The Kier molecular flexibility index (Phi) is 5.98. The Morgan fingerprint density at radius 3 is 2.14 bits per heavy atom. The third-order valence-corrected chi connectivity index (χ3v) is 5.23. The molecular formula is C19H19NO7S. The molecule has 0 bridgehead atoms. The van der Waals surface area contributed by atoms with Crippen LogP contribution in [0.4, 0.5) is 5.69 Å². The summed E-state index contributed by atoms with van der Waals surface area (Å²) in [6, 6.07) is 6.59. The van der Waals surface area contributed by atoms with Crippen molar-refractivity contribution in [3.8, 4) is 0 Å². The van der Waals surface area contributed by atoms with Gasteiger partial charge in [0.25, 0.3) is 5.69 Å². The van der Waals surface area contributed by atoms with Gasteiger partial charge in [-0.25, -0.2) is 13.2 Å². The number of ketones is 1. The highest BCUT2D eigenvalue weighted by Crippen LogP contribution is 2.25. The molecule has 8 nitrogen and oxygen atoms in total. The molecule has 0 aliphatic rings. The second-order valence-corrected chi connectivity index (χ2v) is 8.47. The number of nitrogens with zero attached hydrogens (tertiary/aromatic N) is 1. The number of rotatable bonds is 6. The highest BCUT2D eigenvalue weighted by atomic mass is 32.2. The predicted molar refractivity (Wildman–Crippen MR) is 101 cm³/mol. The summed E-state index contributed by atoms with van der Waals surface area (Å²) in [6.45, 7) is 4.93. The van der Waals surface area contributed by atoms with Crippen LogP contribution in [0.25, 0.3) is 0 Å². The van der Waals surface area contributed by atoms with Gasteiger partial charge in [0, 0.05) is 17.9 Å². The first-order valence-electron chi connectivity index (χ1n) is 8.18. The van der Waals surface area contributed by atoms with Crippen LogP contribution in [0.3, 0.4) is 0 Å². The fourth-order valence-corrected chi connectivity index (χ4v) is 3.84. The minimum absolute atomic E-state index is 0.218. The van der Waals surface area contributed by atoms with E-state index in [2.05, 4.69) is 0 Å². The predicted octanol–water partition coefficient (Wildman–Crippen LogP) is 2.96. The van der Waals surface area contributed by atoms with Crippen molar-refractivity contribution in [2.75, 3.05) is 12.9 Å². The molecule has 2 rings (SSSR count). The van der Waals surface area contributed by atoms with E-state index in [9.17, 15) is 28.1 Å². The Bertz CT molecular complexity index is 1060. The lowest BCUT2D eigenvalue weighted by Gasteiger charge is -2.11. The van der Waals surface area contributed by atoms with Crippen LogP contribution in [0.1, 0.15) is 37.4 Å². The Labute approximate surface area is 162 Å². The van der Waals surface area contributed by atoms with Gasteiger partial charge in [-0.15, -0.1) is 0 Å². The number of Topliss-reactive ketones (excluding diaryl/α,β-unsaturated/α-hetero) is 1. The highest BCUT2D eigenvalue weighted by Gasteiger charge is 2.25. The van der Waals surface area contributed by atoms with Gasteiger partial charge in [-0.2, -0.15) is 0 Å². The molecule has 0 saturated heterocycles. The van der Waals surface area contributed by atoms with Gasteiger partial charge in [0.2, 0.25) is 5.78 Å². The first-order chi connectivity index (χ1) is 12.9. The van der Waals surface area contributed by atoms with Crippen molar-refractivity contribution in [1.82, 2.24) is 0 Å². The molecule has 0 fully saturated rings. The maximum atomic E-state index is 12.4. The number of nitro groups is 1. The van der Waals surface area contributed by atoms with Crippen molar-refractivity contribution in [2.45, 2.75) is 25.7 Å². The van der Waals surface area contributed by atoms with Crippen molar-refractivity contribution in [3.63, 3.8) is 0 Å². The monoisotopic (exact) mass is 405 g/mol. The molecule has 2 aromatic carbocycles. The standard InChI is InChI=1S/C19H19NO7S/c1-11-7-12(2)18(13(3)8-11)16(21)10-27-19(22)14-5-6-17(28(4,25)26)15(9-14)20(23)24/h5-9H,10H2,1-4H3. The molecule has 0 saturated carbocycles. The van der Waals surface area contributed by atoms with Crippen molar-refractivity contribution in [2.24, 2.45) is 0 Å². The van der Waals surface area contributed by atoms with Gasteiger partial charge in [0.05, 0.1) is 10.5 Å². The van der Waals surface area contributed by atoms with Crippen LogP contribution >= 0.6 is 0 Å². The third kappa shape index (κ3) is 4.61. The van der Waals surface area contributed by atoms with E-state index >= 15 is 0 Å². The summed E-state index contributed by atoms with van der Waals surface area (Å²) in [6.07, 6.45) is 0.832. The van der Waals surface area contributed by atoms with Crippen LogP contribution in [0.5, 0.6) is 0 Å². The summed E-state index contributed by atoms with van der Waals surface area (Å²) in [4.78, 5) is 34.4. The molecule has 0 heterocycles. The molecule has 9 heteroatoms. The molecule has 0 radical (unpaired) electrons. The lowest BCUT2D eigenvalue weighted by molar-refractivity contribution is -0.387. The highest BCUT2D eigenvalue weighted by molar-refractivity contribution is 7.90. The van der Waals surface area contributed by atoms with E-state index in [1.54, 1.807) is 13.8 Å². The molecule has 28 heavy (non-hydrogen) atoms. The van der Waals surface area contributed by atoms with Gasteiger partial charge in [0.15, 0.2) is 16.4 Å². The zero-order valence-electron chi connectivity index (χ0n) is 15.8. The summed E-state index contributed by atoms with van der Waals surface area (Å²) in [5.41, 5.74) is 2.02. The SMILES string of the molecule is Cc1cc(C)c(C(=O)COC(=O)c2ccc(S(C)(=O)=O)c([N+](=O)[O-])c2)c(C)c1. The summed E-state index contributed by atoms with van der Waals surface area (Å²) >= 11 is 0. The van der Waals surface area contributed by atoms with Gasteiger partial charge >= 0.3 is 5.97 Å². The molecular weight excluding hydrogens is 386 g/mol. The minimum Gasteiger partial charge on any atom is -0.454 e. The van der Waals surface area contributed by atoms with Crippen LogP contribution in [0, 0.1) is 30.9 Å². The summed E-state index contributed by atoms with van der Waals surface area (Å²) in [5, 5.41) is 11.1. The van der Waals surface area contributed by atoms with E-state index in [-0.39, 0.29) is 5.56 Å². The second-order valence-electron chi connectivity index (χ2n) is 6.48. The summed E-state index contributed by atoms with van der Waals surface area (Å²) in [5.74, 6) is -1.36. The maximum Gasteiger partial charge on any atom is 0.338 e. The third-order valence-electron chi connectivity index (χ3n) is 4.08. The molecule has 0 spiro atoms. The minimum atomic E-state index is -3.84. The average molecular weight is 405 g/mol. The van der Waals surface area contributed by atoms with Crippen LogP contribution in [0.2, 0.25) is 0 Å². The van der Waals surface area contributed by atoms with Crippen molar-refractivity contribution in [3.05, 3.63) is 68.3 Å². The van der Waals surface area contributed by atoms with Gasteiger partial charge in [-0.1, -0.05) is 17.7 Å². The number of esters is 1. The van der Waals surface area contributed by atoms with Crippen molar-refractivity contribution < 1.29 is 27.7 Å². The largest absolute Gasteiger partial charge is 0.454 e. The first-order valence-corrected chi connectivity index (χ1v) is 10.1. The lowest BCUT2D eigenvalue weighted by atomic mass is 9.97. The number of sulfone groups is 1. The normalized spacial score (nSPS) is 11.1. The summed E-state index contributed by atoms with van der Waals surface area (Å²) in [7, 11) is -3.84. The van der Waals surface area contributed by atoms with Crippen LogP contribution < -0.4 is 0 Å². The Balaban J connectivity index is 2.23. The molecule has 0 amide bonds. The number of ether oxygens (including phenoxy) is 1. The van der Waals surface area contributed by atoms with E-state index in [1.165, 1.54) is 0 Å². The van der Waals surface area contributed by atoms with Gasteiger partial charge in [-0.05, 0) is 44.0 Å². The van der Waals surface area contributed by atoms with Gasteiger partial charge < -0.3 is 4.74 Å². The molecule has 2 aromatic rings. The fourth-order valence-electron chi connectivity index (χ4n) is 3.01. The van der Waals surface area contributed by atoms with E-state index < -0.39 is 43.7 Å². The van der Waals surface area contributed by atoms with Gasteiger partial charge in [-0.3, -0.25) is 14.9 Å². The molecule has 0 atom stereocenters. The van der Waals surface area contributed by atoms with Crippen molar-refractivity contribution in [1.29, 1.82) is 0 Å². The molecule has 0 N–H and O–H groups in total. The molecule has 148 valence electrons. The second kappa shape index (κ2) is 7.89. The molecule has 0 aliphatic carbocycles. The number of benzene rings is 2. The topological polar surface area (TPSA) is 121 Å². The number of aryl methyl sites for hydroxylation is 3. The number of carbonyl (C=O) groups is 2. The Morgan fingerprint density at radius 2 is 1.64 bits per heavy atom. The van der Waals surface area contributed by atoms with E-state index in [0.717, 1.165) is 41.1 Å². The van der Waals surface area contributed by atoms with E-state index in [0.29, 0.717) is 5.56 Å². The smallest absolute Gasteiger partial charge is 0.338 e. The number of hydrogen-bond acceptors (Lipinski definition) is 7. The quantitative estimate of drug-likeness (QED) is 0.313.